The van der Waals surface area contributed by atoms with E-state index in [1.165, 1.54) is 19.1 Å². The number of aromatic hydroxyl groups is 1. The zero-order valence-corrected chi connectivity index (χ0v) is 26.4. The minimum Gasteiger partial charge on any atom is -0.508 e. The fraction of sp³-hybridized carbons (Fsp3) is 0.265. The normalized spacial score (nSPS) is 13.4. The van der Waals surface area contributed by atoms with Crippen molar-refractivity contribution in [3.05, 3.63) is 102 Å². The van der Waals surface area contributed by atoms with Gasteiger partial charge in [0.05, 0.1) is 18.6 Å². The van der Waals surface area contributed by atoms with Crippen LogP contribution in [-0.4, -0.2) is 70.3 Å². The van der Waals surface area contributed by atoms with E-state index in [9.17, 15) is 29.1 Å². The smallest absolute Gasteiger partial charge is 0.261 e. The molecule has 252 valence electrons. The first-order valence-corrected chi connectivity index (χ1v) is 15.3. The van der Waals surface area contributed by atoms with Crippen molar-refractivity contribution in [1.82, 2.24) is 31.8 Å². The molecule has 0 unspecified atom stereocenters. The van der Waals surface area contributed by atoms with Gasteiger partial charge in [-0.05, 0) is 54.7 Å². The molecule has 3 aromatic carbocycles. The van der Waals surface area contributed by atoms with Gasteiger partial charge >= 0.3 is 0 Å². The van der Waals surface area contributed by atoms with Crippen molar-refractivity contribution >= 4 is 40.4 Å². The fourth-order valence-electron chi connectivity index (χ4n) is 4.92. The summed E-state index contributed by atoms with van der Waals surface area (Å²) in [6, 6.07) is 18.7. The lowest BCUT2D eigenvalue weighted by molar-refractivity contribution is -0.133. The molecule has 4 atom stereocenters. The number of phenolic OH excluding ortho intramolecular Hbond substituents is 1. The largest absolute Gasteiger partial charge is 0.508 e. The number of amides is 5. The number of aromatic amines is 1. The predicted octanol–water partition coefficient (Wildman–Crippen LogP) is -0.191. The molecule has 0 aliphatic carbocycles. The molecule has 5 amide bonds. The molecule has 48 heavy (non-hydrogen) atoms. The Morgan fingerprint density at radius 2 is 1.33 bits per heavy atom. The molecular formula is C34H40N8O6. The van der Waals surface area contributed by atoms with Gasteiger partial charge in [0, 0.05) is 23.5 Å². The third-order valence-corrected chi connectivity index (χ3v) is 7.60. The number of hydrazine groups is 1. The van der Waals surface area contributed by atoms with E-state index < -0.39 is 60.2 Å². The van der Waals surface area contributed by atoms with Gasteiger partial charge in [0.25, 0.3) is 11.8 Å². The fourth-order valence-corrected chi connectivity index (χ4v) is 4.92. The summed E-state index contributed by atoms with van der Waals surface area (Å²) in [5, 5.41) is 17.9. The number of nitrogens with two attached hydrogens (primary N) is 2. The minimum absolute atomic E-state index is 0.0859. The van der Waals surface area contributed by atoms with Gasteiger partial charge in [0.2, 0.25) is 17.7 Å². The second-order valence-corrected chi connectivity index (χ2v) is 11.4. The number of hydrogen-bond acceptors (Lipinski definition) is 8. The lowest BCUT2D eigenvalue weighted by Gasteiger charge is -2.21. The van der Waals surface area contributed by atoms with Crippen LogP contribution in [0.1, 0.15) is 23.6 Å². The first-order valence-electron chi connectivity index (χ1n) is 15.3. The molecule has 11 N–H and O–H groups in total. The van der Waals surface area contributed by atoms with Gasteiger partial charge in [-0.25, -0.2) is 0 Å². The summed E-state index contributed by atoms with van der Waals surface area (Å²) in [6.45, 7) is 0.953. The molecule has 4 aromatic rings. The molecule has 0 radical (unpaired) electrons. The zero-order valence-electron chi connectivity index (χ0n) is 26.4. The Morgan fingerprint density at radius 3 is 2.06 bits per heavy atom. The van der Waals surface area contributed by atoms with Crippen LogP contribution in [0.4, 0.5) is 0 Å². The maximum Gasteiger partial charge on any atom is 0.261 e. The van der Waals surface area contributed by atoms with Gasteiger partial charge in [-0.1, -0.05) is 60.7 Å². The van der Waals surface area contributed by atoms with Crippen LogP contribution in [0.3, 0.4) is 0 Å². The average molecular weight is 657 g/mol. The molecule has 0 aliphatic rings. The number of hydrogen-bond donors (Lipinski definition) is 9. The number of fused-ring (bicyclic) bond motifs is 1. The Kier molecular flexibility index (Phi) is 12.2. The van der Waals surface area contributed by atoms with E-state index in [2.05, 4.69) is 31.8 Å². The number of nitrogens with one attached hydrogen (secondary N) is 6. The van der Waals surface area contributed by atoms with Crippen molar-refractivity contribution in [2.45, 2.75) is 50.4 Å². The molecule has 0 bridgehead atoms. The SMILES string of the molecule is C[C@@H](NC(=O)[C@@H](N)Cc1ccc(O)cc1)C(=O)NCC(=O)N[C@@H](Cc1ccccc1)C(=O)NNC(=O)[C@@H](N)Cc1c[nH]c2ccccc12. The van der Waals surface area contributed by atoms with Crippen LogP contribution in [0.2, 0.25) is 0 Å². The Hall–Kier alpha value is -5.73. The van der Waals surface area contributed by atoms with Crippen LogP contribution in [0.15, 0.2) is 85.1 Å². The summed E-state index contributed by atoms with van der Waals surface area (Å²) in [4.78, 5) is 67.0. The molecule has 4 rings (SSSR count). The quantitative estimate of drug-likeness (QED) is 0.0824. The molecule has 14 nitrogen and oxygen atoms in total. The summed E-state index contributed by atoms with van der Waals surface area (Å²) in [5.41, 5.74) is 20.0. The lowest BCUT2D eigenvalue weighted by Crippen LogP contribution is -2.57. The van der Waals surface area contributed by atoms with Crippen LogP contribution < -0.4 is 38.3 Å². The van der Waals surface area contributed by atoms with E-state index >= 15 is 0 Å². The van der Waals surface area contributed by atoms with Gasteiger partial charge in [-0.15, -0.1) is 0 Å². The highest BCUT2D eigenvalue weighted by molar-refractivity contribution is 5.94. The van der Waals surface area contributed by atoms with E-state index in [0.717, 1.165) is 27.6 Å². The minimum atomic E-state index is -1.11. The number of benzene rings is 3. The first kappa shape index (κ1) is 35.1. The van der Waals surface area contributed by atoms with Crippen molar-refractivity contribution in [3.63, 3.8) is 0 Å². The standard InChI is InChI=1S/C34H40N8O6/c1-20(39-32(46)26(35)15-22-11-13-24(43)14-12-22)31(45)38-19-30(44)40-29(16-21-7-3-2-4-8-21)34(48)42-41-33(47)27(36)17-23-18-37-28-10-6-5-9-25(23)28/h2-14,18,20,26-27,29,37,43H,15-17,19,35-36H2,1H3,(H,38,45)(H,39,46)(H,40,44)(H,41,47)(H,42,48)/t20-,26+,27+,29+/m1/s1. The molecule has 0 saturated heterocycles. The van der Waals surface area contributed by atoms with Crippen LogP contribution in [0, 0.1) is 0 Å². The van der Waals surface area contributed by atoms with E-state index in [1.807, 2.05) is 30.3 Å². The zero-order chi connectivity index (χ0) is 34.6. The predicted molar refractivity (Wildman–Crippen MR) is 179 cm³/mol. The van der Waals surface area contributed by atoms with Crippen LogP contribution in [0.5, 0.6) is 5.75 Å². The second kappa shape index (κ2) is 16.7. The summed E-state index contributed by atoms with van der Waals surface area (Å²) in [5.74, 6) is -3.13. The number of H-pyrrole nitrogens is 1. The summed E-state index contributed by atoms with van der Waals surface area (Å²) < 4.78 is 0. The van der Waals surface area contributed by atoms with Gasteiger partial charge in [-0.3, -0.25) is 34.8 Å². The van der Waals surface area contributed by atoms with Crippen LogP contribution >= 0.6 is 0 Å². The summed E-state index contributed by atoms with van der Waals surface area (Å²) >= 11 is 0. The van der Waals surface area contributed by atoms with Crippen molar-refractivity contribution in [2.24, 2.45) is 11.5 Å². The monoisotopic (exact) mass is 656 g/mol. The van der Waals surface area contributed by atoms with E-state index in [0.29, 0.717) is 0 Å². The van der Waals surface area contributed by atoms with Crippen molar-refractivity contribution in [1.29, 1.82) is 0 Å². The number of phenols is 1. The molecule has 14 heteroatoms. The number of rotatable bonds is 14. The van der Waals surface area contributed by atoms with Crippen molar-refractivity contribution in [3.8, 4) is 5.75 Å². The van der Waals surface area contributed by atoms with E-state index in [1.54, 1.807) is 42.6 Å². The molecule has 0 spiro atoms. The molecule has 0 fully saturated rings. The number of carbonyl (C=O) groups excluding carboxylic acids is 5. The highest BCUT2D eigenvalue weighted by atomic mass is 16.3. The molecular weight excluding hydrogens is 616 g/mol. The lowest BCUT2D eigenvalue weighted by atomic mass is 10.0. The maximum atomic E-state index is 13.1. The summed E-state index contributed by atoms with van der Waals surface area (Å²) in [7, 11) is 0. The second-order valence-electron chi connectivity index (χ2n) is 11.4. The van der Waals surface area contributed by atoms with Crippen LogP contribution in [-0.2, 0) is 43.2 Å². The molecule has 0 saturated carbocycles. The first-order chi connectivity index (χ1) is 23.0. The highest BCUT2D eigenvalue weighted by Gasteiger charge is 2.25. The Bertz CT molecular complexity index is 1730. The third kappa shape index (κ3) is 10.1. The average Bonchev–Trinajstić information content (AvgIpc) is 3.49. The molecule has 0 aliphatic heterocycles. The third-order valence-electron chi connectivity index (χ3n) is 7.60. The highest BCUT2D eigenvalue weighted by Crippen LogP contribution is 2.18. The number of para-hydroxylation sites is 1. The van der Waals surface area contributed by atoms with Crippen molar-refractivity contribution < 1.29 is 29.1 Å². The topological polar surface area (TPSA) is 234 Å². The van der Waals surface area contributed by atoms with Gasteiger partial charge in [0.1, 0.15) is 17.8 Å². The summed E-state index contributed by atoms with van der Waals surface area (Å²) in [6.07, 6.45) is 2.28. The Labute approximate surface area is 277 Å². The number of aromatic nitrogens is 1. The Balaban J connectivity index is 1.27. The Morgan fingerprint density at radius 1 is 0.708 bits per heavy atom. The molecule has 1 heterocycles. The van der Waals surface area contributed by atoms with Crippen molar-refractivity contribution in [2.75, 3.05) is 6.54 Å². The van der Waals surface area contributed by atoms with E-state index in [4.69, 9.17) is 11.5 Å². The van der Waals surface area contributed by atoms with Gasteiger partial charge in [-0.2, -0.15) is 0 Å². The van der Waals surface area contributed by atoms with Gasteiger partial charge < -0.3 is 37.5 Å². The molecule has 1 aromatic heterocycles. The van der Waals surface area contributed by atoms with Gasteiger partial charge in [0.15, 0.2) is 0 Å². The van der Waals surface area contributed by atoms with E-state index in [-0.39, 0.29) is 25.0 Å². The number of carbonyl (C=O) groups is 5. The van der Waals surface area contributed by atoms with Crippen LogP contribution in [0.25, 0.3) is 10.9 Å². The maximum absolute atomic E-state index is 13.1.